The minimum absolute atomic E-state index is 0.120. The molecule has 0 unspecified atom stereocenters. The van der Waals surface area contributed by atoms with Crippen LogP contribution in [0.4, 0.5) is 0 Å². The molecule has 0 saturated heterocycles. The van der Waals surface area contributed by atoms with Crippen molar-refractivity contribution in [1.29, 1.82) is 5.26 Å². The third kappa shape index (κ3) is 3.60. The lowest BCUT2D eigenvalue weighted by molar-refractivity contribution is 0.0948. The number of H-pyrrole nitrogens is 1. The lowest BCUT2D eigenvalue weighted by Crippen LogP contribution is -2.25. The standard InChI is InChI=1S/C22H20N4O2/c1-28-21-17(22(27)24-16-7-8-16)9-11-19-20(21)18(25-26-19)10-6-14-2-4-15(5-3-14)12-13-23/h2-6,9-11,16H,7-8,12H2,1H3,(H,24,27)(H,25,26)/b10-6+. The van der Waals surface area contributed by atoms with E-state index < -0.39 is 0 Å². The second-order valence-corrected chi connectivity index (χ2v) is 6.84. The van der Waals surface area contributed by atoms with Crippen LogP contribution >= 0.6 is 0 Å². The zero-order chi connectivity index (χ0) is 19.5. The van der Waals surface area contributed by atoms with Gasteiger partial charge < -0.3 is 10.1 Å². The van der Waals surface area contributed by atoms with Gasteiger partial charge in [0.2, 0.25) is 0 Å². The van der Waals surface area contributed by atoms with E-state index in [9.17, 15) is 4.79 Å². The number of methoxy groups -OCH3 is 1. The molecule has 6 nitrogen and oxygen atoms in total. The van der Waals surface area contributed by atoms with Crippen LogP contribution in [0.1, 0.15) is 40.0 Å². The molecule has 140 valence electrons. The summed E-state index contributed by atoms with van der Waals surface area (Å²) < 4.78 is 5.59. The molecule has 28 heavy (non-hydrogen) atoms. The number of nitriles is 1. The van der Waals surface area contributed by atoms with Crippen LogP contribution in [0, 0.1) is 11.3 Å². The highest BCUT2D eigenvalue weighted by Gasteiger charge is 2.26. The number of carbonyl (C=O) groups excluding carboxylic acids is 1. The molecular weight excluding hydrogens is 352 g/mol. The van der Waals surface area contributed by atoms with Gasteiger partial charge in [-0.1, -0.05) is 30.3 Å². The zero-order valence-corrected chi connectivity index (χ0v) is 15.5. The highest BCUT2D eigenvalue weighted by molar-refractivity contribution is 6.05. The molecule has 6 heteroatoms. The summed E-state index contributed by atoms with van der Waals surface area (Å²) in [5, 5.41) is 19.9. The molecule has 0 spiro atoms. The minimum atomic E-state index is -0.120. The Morgan fingerprint density at radius 3 is 2.75 bits per heavy atom. The van der Waals surface area contributed by atoms with Crippen molar-refractivity contribution in [3.63, 3.8) is 0 Å². The smallest absolute Gasteiger partial charge is 0.255 e. The van der Waals surface area contributed by atoms with Gasteiger partial charge in [0.25, 0.3) is 5.91 Å². The molecule has 1 heterocycles. The Morgan fingerprint density at radius 2 is 2.07 bits per heavy atom. The first-order valence-electron chi connectivity index (χ1n) is 9.19. The van der Waals surface area contributed by atoms with Gasteiger partial charge in [-0.3, -0.25) is 9.89 Å². The first-order chi connectivity index (χ1) is 13.7. The SMILES string of the molecule is COc1c(C(=O)NC2CC2)ccc2n[nH]c(/C=C/c3ccc(CC#N)cc3)c12. The molecule has 1 saturated carbocycles. The van der Waals surface area contributed by atoms with E-state index >= 15 is 0 Å². The number of amides is 1. The number of hydrogen-bond acceptors (Lipinski definition) is 4. The van der Waals surface area contributed by atoms with Crippen LogP contribution in [-0.4, -0.2) is 29.3 Å². The van der Waals surface area contributed by atoms with Crippen LogP contribution in [0.15, 0.2) is 36.4 Å². The maximum Gasteiger partial charge on any atom is 0.255 e. The van der Waals surface area contributed by atoms with Gasteiger partial charge in [-0.15, -0.1) is 0 Å². The first-order valence-corrected chi connectivity index (χ1v) is 9.19. The summed E-state index contributed by atoms with van der Waals surface area (Å²) in [6, 6.07) is 13.8. The van der Waals surface area contributed by atoms with Crippen LogP contribution in [0.2, 0.25) is 0 Å². The number of carbonyl (C=O) groups is 1. The molecular formula is C22H20N4O2. The van der Waals surface area contributed by atoms with E-state index in [1.807, 2.05) is 42.5 Å². The molecule has 0 bridgehead atoms. The minimum Gasteiger partial charge on any atom is -0.495 e. The van der Waals surface area contributed by atoms with Gasteiger partial charge in [0.05, 0.1) is 41.8 Å². The molecule has 3 aromatic rings. The highest BCUT2D eigenvalue weighted by Crippen LogP contribution is 2.33. The molecule has 0 aliphatic heterocycles. The van der Waals surface area contributed by atoms with Crippen LogP contribution in [0.3, 0.4) is 0 Å². The van der Waals surface area contributed by atoms with Crippen molar-refractivity contribution in [3.8, 4) is 11.8 Å². The van der Waals surface area contributed by atoms with Crippen LogP contribution in [-0.2, 0) is 6.42 Å². The van der Waals surface area contributed by atoms with Gasteiger partial charge in [0, 0.05) is 6.04 Å². The van der Waals surface area contributed by atoms with Gasteiger partial charge in [-0.2, -0.15) is 10.4 Å². The fraction of sp³-hybridized carbons (Fsp3) is 0.227. The second-order valence-electron chi connectivity index (χ2n) is 6.84. The molecule has 1 aliphatic carbocycles. The fourth-order valence-electron chi connectivity index (χ4n) is 3.12. The van der Waals surface area contributed by atoms with Crippen molar-refractivity contribution in [2.45, 2.75) is 25.3 Å². The third-order valence-corrected chi connectivity index (χ3v) is 4.77. The normalized spacial score (nSPS) is 13.6. The van der Waals surface area contributed by atoms with E-state index in [-0.39, 0.29) is 11.9 Å². The Balaban J connectivity index is 1.66. The van der Waals surface area contributed by atoms with Crippen molar-refractivity contribution < 1.29 is 9.53 Å². The fourth-order valence-corrected chi connectivity index (χ4v) is 3.12. The molecule has 1 fully saturated rings. The maximum atomic E-state index is 12.6. The average Bonchev–Trinajstić information content (AvgIpc) is 3.43. The van der Waals surface area contributed by atoms with E-state index in [1.165, 1.54) is 0 Å². The van der Waals surface area contributed by atoms with Crippen molar-refractivity contribution in [3.05, 3.63) is 58.8 Å². The van der Waals surface area contributed by atoms with Gasteiger partial charge >= 0.3 is 0 Å². The van der Waals surface area contributed by atoms with Gasteiger partial charge in [-0.05, 0) is 42.2 Å². The van der Waals surface area contributed by atoms with Crippen LogP contribution in [0.5, 0.6) is 5.75 Å². The zero-order valence-electron chi connectivity index (χ0n) is 15.5. The van der Waals surface area contributed by atoms with E-state index in [0.717, 1.165) is 40.6 Å². The monoisotopic (exact) mass is 372 g/mol. The van der Waals surface area contributed by atoms with Gasteiger partial charge in [0.1, 0.15) is 5.75 Å². The number of hydrogen-bond donors (Lipinski definition) is 2. The number of fused-ring (bicyclic) bond motifs is 1. The molecule has 1 aromatic heterocycles. The second kappa shape index (κ2) is 7.57. The first kappa shape index (κ1) is 17.8. The molecule has 1 amide bonds. The lowest BCUT2D eigenvalue weighted by atomic mass is 10.1. The quantitative estimate of drug-likeness (QED) is 0.690. The number of aromatic amines is 1. The Morgan fingerprint density at radius 1 is 1.29 bits per heavy atom. The summed E-state index contributed by atoms with van der Waals surface area (Å²) >= 11 is 0. The van der Waals surface area contributed by atoms with Gasteiger partial charge in [0.15, 0.2) is 0 Å². The predicted molar refractivity (Wildman–Crippen MR) is 108 cm³/mol. The molecule has 0 atom stereocenters. The van der Waals surface area contributed by atoms with Gasteiger partial charge in [-0.25, -0.2) is 0 Å². The van der Waals surface area contributed by atoms with E-state index in [2.05, 4.69) is 21.6 Å². The third-order valence-electron chi connectivity index (χ3n) is 4.77. The topological polar surface area (TPSA) is 90.8 Å². The number of aromatic nitrogens is 2. The summed E-state index contributed by atoms with van der Waals surface area (Å²) in [5.41, 5.74) is 4.02. The molecule has 1 aliphatic rings. The molecule has 0 radical (unpaired) electrons. The Kier molecular flexibility index (Phi) is 4.81. The number of nitrogens with zero attached hydrogens (tertiary/aromatic N) is 2. The number of ether oxygens (including phenoxy) is 1. The Hall–Kier alpha value is -3.59. The average molecular weight is 372 g/mol. The number of rotatable bonds is 6. The summed E-state index contributed by atoms with van der Waals surface area (Å²) in [5.74, 6) is 0.402. The van der Waals surface area contributed by atoms with E-state index in [4.69, 9.17) is 10.00 Å². The number of benzene rings is 2. The van der Waals surface area contributed by atoms with Crippen molar-refractivity contribution in [2.75, 3.05) is 7.11 Å². The summed E-state index contributed by atoms with van der Waals surface area (Å²) in [6.07, 6.45) is 6.34. The summed E-state index contributed by atoms with van der Waals surface area (Å²) in [7, 11) is 1.57. The summed E-state index contributed by atoms with van der Waals surface area (Å²) in [6.45, 7) is 0. The largest absolute Gasteiger partial charge is 0.495 e. The van der Waals surface area contributed by atoms with Crippen LogP contribution in [0.25, 0.3) is 23.1 Å². The molecule has 2 N–H and O–H groups in total. The molecule has 2 aromatic carbocycles. The maximum absolute atomic E-state index is 12.6. The predicted octanol–water partition coefficient (Wildman–Crippen LogP) is 3.70. The Labute approximate surface area is 162 Å². The van der Waals surface area contributed by atoms with Crippen molar-refractivity contribution in [2.24, 2.45) is 0 Å². The van der Waals surface area contributed by atoms with Crippen molar-refractivity contribution in [1.82, 2.24) is 15.5 Å². The lowest BCUT2D eigenvalue weighted by Gasteiger charge is -2.10. The van der Waals surface area contributed by atoms with E-state index in [1.54, 1.807) is 13.2 Å². The Bertz CT molecular complexity index is 1090. The number of nitrogens with one attached hydrogen (secondary N) is 2. The van der Waals surface area contributed by atoms with E-state index in [0.29, 0.717) is 17.7 Å². The highest BCUT2D eigenvalue weighted by atomic mass is 16.5. The summed E-state index contributed by atoms with van der Waals surface area (Å²) in [4.78, 5) is 12.6. The molecule has 4 rings (SSSR count). The van der Waals surface area contributed by atoms with Crippen LogP contribution < -0.4 is 10.1 Å². The van der Waals surface area contributed by atoms with Crippen molar-refractivity contribution >= 4 is 29.0 Å².